The second-order valence-corrected chi connectivity index (χ2v) is 5.41. The lowest BCUT2D eigenvalue weighted by Crippen LogP contribution is -2.22. The Kier molecular flexibility index (Phi) is 5.47. The van der Waals surface area contributed by atoms with Crippen molar-refractivity contribution >= 4 is 17.4 Å². The summed E-state index contributed by atoms with van der Waals surface area (Å²) in [6.45, 7) is 0.105. The zero-order chi connectivity index (χ0) is 14.4. The van der Waals surface area contributed by atoms with Crippen molar-refractivity contribution < 1.29 is 10.2 Å². The monoisotopic (exact) mass is 289 g/mol. The Balaban J connectivity index is 2.12. The van der Waals surface area contributed by atoms with Crippen molar-refractivity contribution in [2.24, 2.45) is 0 Å². The summed E-state index contributed by atoms with van der Waals surface area (Å²) in [5.41, 5.74) is 3.22. The maximum absolute atomic E-state index is 9.35. The summed E-state index contributed by atoms with van der Waals surface area (Å²) >= 11 is 1.73. The van der Waals surface area contributed by atoms with E-state index in [9.17, 15) is 5.11 Å². The van der Waals surface area contributed by atoms with Crippen LogP contribution in [0.5, 0.6) is 0 Å². The first-order chi connectivity index (χ1) is 9.72. The van der Waals surface area contributed by atoms with Crippen LogP contribution in [0.3, 0.4) is 0 Å². The van der Waals surface area contributed by atoms with E-state index < -0.39 is 6.10 Å². The predicted molar refractivity (Wildman–Crippen MR) is 85.2 cm³/mol. The van der Waals surface area contributed by atoms with Crippen molar-refractivity contribution in [1.82, 2.24) is 0 Å². The van der Waals surface area contributed by atoms with E-state index in [1.165, 1.54) is 4.90 Å². The Bertz CT molecular complexity index is 542. The molecule has 3 nitrogen and oxygen atoms in total. The molecule has 4 heteroatoms. The molecule has 0 spiro atoms. The molecule has 0 aliphatic rings. The molecule has 0 heterocycles. The Hall–Kier alpha value is -1.49. The summed E-state index contributed by atoms with van der Waals surface area (Å²) in [4.78, 5) is 1.24. The Morgan fingerprint density at radius 1 is 1.10 bits per heavy atom. The number of aliphatic hydroxyl groups excluding tert-OH is 2. The molecule has 2 aromatic rings. The molecule has 20 heavy (non-hydrogen) atoms. The predicted octanol–water partition coefficient (Wildman–Crippen LogP) is 2.84. The zero-order valence-corrected chi connectivity index (χ0v) is 12.2. The van der Waals surface area contributed by atoms with E-state index in [-0.39, 0.29) is 6.61 Å². The van der Waals surface area contributed by atoms with Gasteiger partial charge in [0, 0.05) is 17.1 Å². The molecule has 0 amide bonds. The van der Waals surface area contributed by atoms with Crippen molar-refractivity contribution in [1.29, 1.82) is 0 Å². The third kappa shape index (κ3) is 4.00. The largest absolute Gasteiger partial charge is 0.394 e. The lowest BCUT2D eigenvalue weighted by Gasteiger charge is -2.11. The topological polar surface area (TPSA) is 52.5 Å². The molecule has 1 atom stereocenters. The van der Waals surface area contributed by atoms with Crippen molar-refractivity contribution in [2.45, 2.75) is 11.0 Å². The van der Waals surface area contributed by atoms with E-state index in [2.05, 4.69) is 41.9 Å². The van der Waals surface area contributed by atoms with Gasteiger partial charge < -0.3 is 15.5 Å². The molecule has 0 aliphatic heterocycles. The number of benzene rings is 2. The summed E-state index contributed by atoms with van der Waals surface area (Å²) in [5, 5.41) is 21.3. The minimum Gasteiger partial charge on any atom is -0.394 e. The number of hydrogen-bond acceptors (Lipinski definition) is 4. The van der Waals surface area contributed by atoms with Gasteiger partial charge in [-0.3, -0.25) is 0 Å². The summed E-state index contributed by atoms with van der Waals surface area (Å²) in [5.74, 6) is 0. The lowest BCUT2D eigenvalue weighted by atomic mass is 10.1. The van der Waals surface area contributed by atoms with Gasteiger partial charge in [0.15, 0.2) is 0 Å². The molecule has 0 bridgehead atoms. The van der Waals surface area contributed by atoms with Gasteiger partial charge in [-0.05, 0) is 41.6 Å². The first-order valence-corrected chi connectivity index (χ1v) is 7.72. The maximum Gasteiger partial charge on any atom is 0.0942 e. The normalized spacial score (nSPS) is 12.2. The summed E-state index contributed by atoms with van der Waals surface area (Å²) in [6.07, 6.45) is 1.32. The van der Waals surface area contributed by atoms with Crippen molar-refractivity contribution in [2.75, 3.05) is 24.7 Å². The number of nitrogens with one attached hydrogen (secondary N) is 1. The first kappa shape index (κ1) is 14.9. The van der Waals surface area contributed by atoms with E-state index in [4.69, 9.17) is 5.11 Å². The van der Waals surface area contributed by atoms with Gasteiger partial charge in [0.2, 0.25) is 0 Å². The first-order valence-electron chi connectivity index (χ1n) is 6.50. The standard InChI is InChI=1S/C16H19NO2S/c1-20-16-7-5-12(6-8-16)13-3-2-4-14(9-13)17-10-15(19)11-18/h2-9,15,17-19H,10-11H2,1H3. The van der Waals surface area contributed by atoms with Gasteiger partial charge in [0.1, 0.15) is 0 Å². The fourth-order valence-electron chi connectivity index (χ4n) is 1.89. The third-order valence-electron chi connectivity index (χ3n) is 3.04. The minimum atomic E-state index is -0.737. The minimum absolute atomic E-state index is 0.233. The Morgan fingerprint density at radius 3 is 2.50 bits per heavy atom. The molecular weight excluding hydrogens is 270 g/mol. The second kappa shape index (κ2) is 7.33. The third-order valence-corrected chi connectivity index (χ3v) is 3.78. The summed E-state index contributed by atoms with van der Waals surface area (Å²) in [7, 11) is 0. The summed E-state index contributed by atoms with van der Waals surface area (Å²) < 4.78 is 0. The van der Waals surface area contributed by atoms with Crippen LogP contribution in [0.2, 0.25) is 0 Å². The highest BCUT2D eigenvalue weighted by molar-refractivity contribution is 7.98. The number of rotatable bonds is 6. The van der Waals surface area contributed by atoms with Crippen LogP contribution < -0.4 is 5.32 Å². The highest BCUT2D eigenvalue weighted by atomic mass is 32.2. The maximum atomic E-state index is 9.35. The van der Waals surface area contributed by atoms with E-state index in [1.807, 2.05) is 18.2 Å². The van der Waals surface area contributed by atoms with E-state index in [0.29, 0.717) is 6.54 Å². The van der Waals surface area contributed by atoms with E-state index >= 15 is 0 Å². The number of hydrogen-bond donors (Lipinski definition) is 3. The number of aliphatic hydroxyl groups is 2. The average Bonchev–Trinajstić information content (AvgIpc) is 2.53. The van der Waals surface area contributed by atoms with Gasteiger partial charge in [0.25, 0.3) is 0 Å². The van der Waals surface area contributed by atoms with Crippen LogP contribution in [0, 0.1) is 0 Å². The van der Waals surface area contributed by atoms with Gasteiger partial charge in [0.05, 0.1) is 12.7 Å². The van der Waals surface area contributed by atoms with Gasteiger partial charge in [-0.15, -0.1) is 11.8 Å². The average molecular weight is 289 g/mol. The van der Waals surface area contributed by atoms with Crippen LogP contribution in [-0.2, 0) is 0 Å². The van der Waals surface area contributed by atoms with Crippen LogP contribution in [0.15, 0.2) is 53.4 Å². The molecule has 3 N–H and O–H groups in total. The zero-order valence-electron chi connectivity index (χ0n) is 11.4. The van der Waals surface area contributed by atoms with Gasteiger partial charge in [-0.25, -0.2) is 0 Å². The molecule has 0 radical (unpaired) electrons. The quantitative estimate of drug-likeness (QED) is 0.716. The second-order valence-electron chi connectivity index (χ2n) is 4.53. The Labute approximate surface area is 123 Å². The van der Waals surface area contributed by atoms with Gasteiger partial charge in [-0.2, -0.15) is 0 Å². The SMILES string of the molecule is CSc1ccc(-c2cccc(NCC(O)CO)c2)cc1. The Morgan fingerprint density at radius 2 is 1.85 bits per heavy atom. The molecule has 0 fully saturated rings. The highest BCUT2D eigenvalue weighted by Crippen LogP contribution is 2.25. The van der Waals surface area contributed by atoms with Crippen LogP contribution >= 0.6 is 11.8 Å². The van der Waals surface area contributed by atoms with Gasteiger partial charge >= 0.3 is 0 Å². The lowest BCUT2D eigenvalue weighted by molar-refractivity contribution is 0.105. The highest BCUT2D eigenvalue weighted by Gasteiger charge is 2.03. The van der Waals surface area contributed by atoms with Crippen LogP contribution in [0.4, 0.5) is 5.69 Å². The fraction of sp³-hybridized carbons (Fsp3) is 0.250. The van der Waals surface area contributed by atoms with Crippen molar-refractivity contribution in [3.63, 3.8) is 0 Å². The van der Waals surface area contributed by atoms with Crippen LogP contribution in [-0.4, -0.2) is 35.7 Å². The molecule has 0 saturated carbocycles. The van der Waals surface area contributed by atoms with Crippen molar-refractivity contribution in [3.05, 3.63) is 48.5 Å². The van der Waals surface area contributed by atoms with Gasteiger partial charge in [-0.1, -0.05) is 24.3 Å². The number of anilines is 1. The molecule has 0 aromatic heterocycles. The smallest absolute Gasteiger partial charge is 0.0942 e. The molecular formula is C16H19NO2S. The number of thioether (sulfide) groups is 1. The molecule has 0 aliphatic carbocycles. The molecule has 1 unspecified atom stereocenters. The van der Waals surface area contributed by atoms with E-state index in [1.54, 1.807) is 11.8 Å². The fourth-order valence-corrected chi connectivity index (χ4v) is 2.30. The van der Waals surface area contributed by atoms with Crippen LogP contribution in [0.1, 0.15) is 0 Å². The molecule has 2 rings (SSSR count). The van der Waals surface area contributed by atoms with Crippen molar-refractivity contribution in [3.8, 4) is 11.1 Å². The summed E-state index contributed by atoms with van der Waals surface area (Å²) in [6, 6.07) is 16.4. The molecule has 2 aromatic carbocycles. The molecule has 0 saturated heterocycles. The van der Waals surface area contributed by atoms with E-state index in [0.717, 1.165) is 16.8 Å². The molecule has 106 valence electrons. The van der Waals surface area contributed by atoms with Crippen LogP contribution in [0.25, 0.3) is 11.1 Å².